The van der Waals surface area contributed by atoms with Crippen molar-refractivity contribution in [3.05, 3.63) is 42.1 Å². The minimum Gasteiger partial charge on any atom is -0.310 e. The lowest BCUT2D eigenvalue weighted by atomic mass is 10.1. The Morgan fingerprint density at radius 3 is 3.10 bits per heavy atom. The number of nitrogens with zero attached hydrogens (tertiary/aromatic N) is 2. The number of carbonyl (C=O) groups excluding carboxylic acids is 1. The zero-order valence-electron chi connectivity index (χ0n) is 11.4. The van der Waals surface area contributed by atoms with Gasteiger partial charge in [-0.15, -0.1) is 11.8 Å². The molecule has 104 valence electrons. The molecule has 1 aliphatic heterocycles. The van der Waals surface area contributed by atoms with E-state index in [-0.39, 0.29) is 11.2 Å². The summed E-state index contributed by atoms with van der Waals surface area (Å²) in [5.41, 5.74) is 1.26. The Bertz CT molecular complexity index is 598. The predicted octanol–water partition coefficient (Wildman–Crippen LogP) is 2.95. The average molecular weight is 287 g/mol. The molecule has 3 rings (SSSR count). The molecule has 0 radical (unpaired) electrons. The third-order valence-corrected chi connectivity index (χ3v) is 4.66. The van der Waals surface area contributed by atoms with Gasteiger partial charge in [0, 0.05) is 17.5 Å². The van der Waals surface area contributed by atoms with Crippen LogP contribution in [0.1, 0.15) is 18.9 Å². The highest BCUT2D eigenvalue weighted by molar-refractivity contribution is 8.01. The van der Waals surface area contributed by atoms with Gasteiger partial charge in [-0.25, -0.2) is 4.68 Å². The Kier molecular flexibility index (Phi) is 3.78. The average Bonchev–Trinajstić information content (AvgIpc) is 3.06. The molecule has 2 aromatic rings. The van der Waals surface area contributed by atoms with Crippen LogP contribution >= 0.6 is 11.8 Å². The minimum absolute atomic E-state index is 0.0441. The van der Waals surface area contributed by atoms with Crippen LogP contribution in [-0.4, -0.2) is 20.9 Å². The first-order valence-electron chi connectivity index (χ1n) is 6.85. The van der Waals surface area contributed by atoms with E-state index in [4.69, 9.17) is 0 Å². The van der Waals surface area contributed by atoms with Gasteiger partial charge in [-0.3, -0.25) is 4.79 Å². The first-order valence-corrected chi connectivity index (χ1v) is 7.73. The Balaban J connectivity index is 1.68. The first-order chi connectivity index (χ1) is 9.78. The van der Waals surface area contributed by atoms with Crippen LogP contribution in [0.25, 0.3) is 0 Å². The molecule has 4 nitrogen and oxygen atoms in total. The van der Waals surface area contributed by atoms with E-state index in [2.05, 4.69) is 29.5 Å². The summed E-state index contributed by atoms with van der Waals surface area (Å²) >= 11 is 1.64. The van der Waals surface area contributed by atoms with Gasteiger partial charge in [0.2, 0.25) is 5.91 Å². The molecule has 1 aromatic carbocycles. The largest absolute Gasteiger partial charge is 0.310 e. The van der Waals surface area contributed by atoms with Crippen LogP contribution in [0.5, 0.6) is 0 Å². The molecule has 20 heavy (non-hydrogen) atoms. The summed E-state index contributed by atoms with van der Waals surface area (Å²) in [6, 6.07) is 10.1. The zero-order valence-corrected chi connectivity index (χ0v) is 12.2. The number of benzene rings is 1. The zero-order chi connectivity index (χ0) is 13.9. The van der Waals surface area contributed by atoms with Gasteiger partial charge in [0.15, 0.2) is 0 Å². The quantitative estimate of drug-likeness (QED) is 0.940. The van der Waals surface area contributed by atoms with Crippen LogP contribution in [0.4, 0.5) is 5.82 Å². The fourth-order valence-corrected chi connectivity index (χ4v) is 3.56. The van der Waals surface area contributed by atoms with E-state index in [0.717, 1.165) is 25.2 Å². The molecule has 2 heterocycles. The molecule has 1 atom stereocenters. The van der Waals surface area contributed by atoms with Gasteiger partial charge in [0.05, 0.1) is 11.4 Å². The number of fused-ring (bicyclic) bond motifs is 1. The van der Waals surface area contributed by atoms with Crippen molar-refractivity contribution in [3.8, 4) is 0 Å². The maximum Gasteiger partial charge on any atom is 0.239 e. The fraction of sp³-hybridized carbons (Fsp3) is 0.333. The highest BCUT2D eigenvalue weighted by Gasteiger charge is 2.28. The first kappa shape index (κ1) is 13.2. The van der Waals surface area contributed by atoms with Crippen LogP contribution in [0.3, 0.4) is 0 Å². The maximum absolute atomic E-state index is 12.4. The number of anilines is 1. The second-order valence-corrected chi connectivity index (χ2v) is 6.09. The number of nitrogens with one attached hydrogen (secondary N) is 1. The minimum atomic E-state index is -0.0441. The standard InChI is InChI=1S/C15H17N3OS/c1-2-9-18-14(7-8-16-18)17-15(19)13-10-11-5-3-4-6-12(11)20-13/h3-8,13H,2,9-10H2,1H3,(H,17,19)/t13-/m1/s1. The number of rotatable bonds is 4. The van der Waals surface area contributed by atoms with Crippen molar-refractivity contribution in [2.45, 2.75) is 36.5 Å². The van der Waals surface area contributed by atoms with E-state index >= 15 is 0 Å². The summed E-state index contributed by atoms with van der Waals surface area (Å²) < 4.78 is 1.84. The summed E-state index contributed by atoms with van der Waals surface area (Å²) in [5.74, 6) is 0.845. The van der Waals surface area contributed by atoms with Crippen molar-refractivity contribution in [3.63, 3.8) is 0 Å². The second-order valence-electron chi connectivity index (χ2n) is 4.85. The van der Waals surface area contributed by atoms with E-state index in [1.54, 1.807) is 18.0 Å². The number of hydrogen-bond donors (Lipinski definition) is 1. The summed E-state index contributed by atoms with van der Waals surface area (Å²) in [7, 11) is 0. The highest BCUT2D eigenvalue weighted by Crippen LogP contribution is 2.37. The van der Waals surface area contributed by atoms with Crippen molar-refractivity contribution in [2.24, 2.45) is 0 Å². The number of carbonyl (C=O) groups is 1. The molecule has 1 aliphatic rings. The Morgan fingerprint density at radius 2 is 2.30 bits per heavy atom. The van der Waals surface area contributed by atoms with Gasteiger partial charge in [0.1, 0.15) is 5.82 Å². The Morgan fingerprint density at radius 1 is 1.45 bits per heavy atom. The van der Waals surface area contributed by atoms with Gasteiger partial charge in [-0.1, -0.05) is 25.1 Å². The lowest BCUT2D eigenvalue weighted by Crippen LogP contribution is -2.26. The molecular weight excluding hydrogens is 270 g/mol. The third-order valence-electron chi connectivity index (χ3n) is 3.34. The molecular formula is C15H17N3OS. The van der Waals surface area contributed by atoms with Crippen molar-refractivity contribution < 1.29 is 4.79 Å². The molecule has 0 bridgehead atoms. The molecule has 1 amide bonds. The van der Waals surface area contributed by atoms with E-state index in [1.165, 1.54) is 10.5 Å². The molecule has 0 aliphatic carbocycles. The molecule has 5 heteroatoms. The van der Waals surface area contributed by atoms with Gasteiger partial charge in [-0.2, -0.15) is 5.10 Å². The summed E-state index contributed by atoms with van der Waals surface area (Å²) in [6.07, 6.45) is 3.52. The molecule has 0 saturated carbocycles. The van der Waals surface area contributed by atoms with Gasteiger partial charge < -0.3 is 5.32 Å². The number of aryl methyl sites for hydroxylation is 1. The summed E-state index contributed by atoms with van der Waals surface area (Å²) in [5, 5.41) is 7.17. The second kappa shape index (κ2) is 5.71. The molecule has 0 spiro atoms. The van der Waals surface area contributed by atoms with E-state index in [1.807, 2.05) is 22.9 Å². The smallest absolute Gasteiger partial charge is 0.239 e. The van der Waals surface area contributed by atoms with Gasteiger partial charge in [0.25, 0.3) is 0 Å². The highest BCUT2D eigenvalue weighted by atomic mass is 32.2. The summed E-state index contributed by atoms with van der Waals surface area (Å²) in [6.45, 7) is 2.91. The van der Waals surface area contributed by atoms with Crippen molar-refractivity contribution >= 4 is 23.5 Å². The molecule has 0 saturated heterocycles. The van der Waals surface area contributed by atoms with Crippen LogP contribution in [-0.2, 0) is 17.8 Å². The molecule has 1 aromatic heterocycles. The van der Waals surface area contributed by atoms with Crippen LogP contribution < -0.4 is 5.32 Å². The SMILES string of the molecule is CCCn1nccc1NC(=O)[C@H]1Cc2ccccc2S1. The molecule has 1 N–H and O–H groups in total. The van der Waals surface area contributed by atoms with E-state index in [0.29, 0.717) is 0 Å². The molecule has 0 fully saturated rings. The normalized spacial score (nSPS) is 16.9. The van der Waals surface area contributed by atoms with Crippen LogP contribution in [0, 0.1) is 0 Å². The fourth-order valence-electron chi connectivity index (χ4n) is 2.36. The Hall–Kier alpha value is -1.75. The maximum atomic E-state index is 12.4. The monoisotopic (exact) mass is 287 g/mol. The number of amides is 1. The lowest BCUT2D eigenvalue weighted by molar-refractivity contribution is -0.115. The van der Waals surface area contributed by atoms with E-state index in [9.17, 15) is 4.79 Å². The van der Waals surface area contributed by atoms with Crippen LogP contribution in [0.2, 0.25) is 0 Å². The molecule has 0 unspecified atom stereocenters. The summed E-state index contributed by atoms with van der Waals surface area (Å²) in [4.78, 5) is 13.6. The number of aromatic nitrogens is 2. The van der Waals surface area contributed by atoms with Gasteiger partial charge >= 0.3 is 0 Å². The number of hydrogen-bond acceptors (Lipinski definition) is 3. The Labute approximate surface area is 122 Å². The number of thioether (sulfide) groups is 1. The van der Waals surface area contributed by atoms with E-state index < -0.39 is 0 Å². The lowest BCUT2D eigenvalue weighted by Gasteiger charge is -2.11. The topological polar surface area (TPSA) is 46.9 Å². The van der Waals surface area contributed by atoms with Crippen molar-refractivity contribution in [2.75, 3.05) is 5.32 Å². The van der Waals surface area contributed by atoms with Crippen LogP contribution in [0.15, 0.2) is 41.4 Å². The van der Waals surface area contributed by atoms with Crippen molar-refractivity contribution in [1.29, 1.82) is 0 Å². The van der Waals surface area contributed by atoms with Gasteiger partial charge in [-0.05, 0) is 24.5 Å². The van der Waals surface area contributed by atoms with Crippen molar-refractivity contribution in [1.82, 2.24) is 9.78 Å². The predicted molar refractivity (Wildman–Crippen MR) is 80.9 cm³/mol. The third kappa shape index (κ3) is 2.58.